The molecule has 0 saturated heterocycles. The second kappa shape index (κ2) is 6.38. The van der Waals surface area contributed by atoms with Gasteiger partial charge in [-0.15, -0.1) is 11.3 Å². The normalized spacial score (nSPS) is 11.2. The zero-order chi connectivity index (χ0) is 14.6. The number of amides is 2. The van der Waals surface area contributed by atoms with Gasteiger partial charge in [-0.25, -0.2) is 9.59 Å². The van der Waals surface area contributed by atoms with E-state index in [-0.39, 0.29) is 6.03 Å². The third-order valence-electron chi connectivity index (χ3n) is 2.80. The average Bonchev–Trinajstić information content (AvgIpc) is 2.73. The van der Waals surface area contributed by atoms with Crippen LogP contribution in [0.5, 0.6) is 0 Å². The highest BCUT2D eigenvalue weighted by Gasteiger charge is 2.36. The molecule has 0 atom stereocenters. The van der Waals surface area contributed by atoms with Crippen LogP contribution in [-0.4, -0.2) is 34.1 Å². The molecule has 1 aromatic rings. The summed E-state index contributed by atoms with van der Waals surface area (Å²) in [5, 5.41) is 11.9. The molecule has 0 bridgehead atoms. The molecule has 0 unspecified atom stereocenters. The Morgan fingerprint density at radius 2 is 2.11 bits per heavy atom. The van der Waals surface area contributed by atoms with Gasteiger partial charge in [0.2, 0.25) is 0 Å². The maximum Gasteiger partial charge on any atom is 0.329 e. The van der Waals surface area contributed by atoms with Gasteiger partial charge < -0.3 is 15.3 Å². The van der Waals surface area contributed by atoms with Crippen molar-refractivity contribution in [2.45, 2.75) is 32.9 Å². The van der Waals surface area contributed by atoms with Gasteiger partial charge in [0.25, 0.3) is 0 Å². The molecule has 0 fully saturated rings. The highest BCUT2D eigenvalue weighted by atomic mass is 79.9. The Balaban J connectivity index is 2.67. The molecule has 0 aliphatic heterocycles. The maximum atomic E-state index is 12.0. The topological polar surface area (TPSA) is 69.6 Å². The van der Waals surface area contributed by atoms with Crippen molar-refractivity contribution in [3.05, 3.63) is 20.8 Å². The van der Waals surface area contributed by atoms with Crippen LogP contribution < -0.4 is 5.32 Å². The lowest BCUT2D eigenvalue weighted by Gasteiger charge is -2.34. The van der Waals surface area contributed by atoms with Crippen LogP contribution in [0.4, 0.5) is 4.79 Å². The van der Waals surface area contributed by atoms with Crippen LogP contribution in [0, 0.1) is 0 Å². The quantitative estimate of drug-likeness (QED) is 0.859. The van der Waals surface area contributed by atoms with E-state index in [1.807, 2.05) is 12.1 Å². The zero-order valence-electron chi connectivity index (χ0n) is 11.1. The summed E-state index contributed by atoms with van der Waals surface area (Å²) in [6, 6.07) is 3.44. The molecule has 1 rings (SSSR count). The molecule has 0 spiro atoms. The van der Waals surface area contributed by atoms with Crippen molar-refractivity contribution in [1.29, 1.82) is 0 Å². The molecule has 1 heterocycles. The molecule has 1 aromatic heterocycles. The van der Waals surface area contributed by atoms with E-state index in [9.17, 15) is 9.59 Å². The number of carbonyl (C=O) groups excluding carboxylic acids is 1. The van der Waals surface area contributed by atoms with Gasteiger partial charge in [0, 0.05) is 11.4 Å². The number of likely N-dealkylation sites (N-methyl/N-ethyl adjacent to an activating group) is 1. The number of rotatable bonds is 5. The van der Waals surface area contributed by atoms with Crippen molar-refractivity contribution in [3.63, 3.8) is 0 Å². The van der Waals surface area contributed by atoms with Crippen molar-refractivity contribution >= 4 is 39.3 Å². The van der Waals surface area contributed by atoms with Crippen LogP contribution in [0.25, 0.3) is 0 Å². The molecule has 0 aromatic carbocycles. The molecule has 19 heavy (non-hydrogen) atoms. The first kappa shape index (κ1) is 16.0. The summed E-state index contributed by atoms with van der Waals surface area (Å²) in [4.78, 5) is 25.5. The molecule has 0 saturated carbocycles. The van der Waals surface area contributed by atoms with Crippen LogP contribution in [0.1, 0.15) is 25.6 Å². The minimum Gasteiger partial charge on any atom is -0.480 e. The predicted octanol–water partition coefficient (Wildman–Crippen LogP) is 2.91. The second-order valence-electron chi connectivity index (χ2n) is 4.47. The van der Waals surface area contributed by atoms with E-state index < -0.39 is 11.5 Å². The third-order valence-corrected chi connectivity index (χ3v) is 4.43. The van der Waals surface area contributed by atoms with Gasteiger partial charge in [-0.1, -0.05) is 0 Å². The largest absolute Gasteiger partial charge is 0.480 e. The van der Waals surface area contributed by atoms with Crippen LogP contribution in [-0.2, 0) is 11.3 Å². The fourth-order valence-electron chi connectivity index (χ4n) is 1.61. The summed E-state index contributed by atoms with van der Waals surface area (Å²) in [5.74, 6) is -1.02. The monoisotopic (exact) mass is 348 g/mol. The number of carboxylic acid groups (broad SMARTS) is 1. The molecule has 5 nitrogen and oxygen atoms in total. The smallest absolute Gasteiger partial charge is 0.329 e. The highest BCUT2D eigenvalue weighted by molar-refractivity contribution is 9.11. The van der Waals surface area contributed by atoms with E-state index >= 15 is 0 Å². The van der Waals surface area contributed by atoms with Crippen LogP contribution in [0.2, 0.25) is 0 Å². The van der Waals surface area contributed by atoms with Gasteiger partial charge in [-0.05, 0) is 48.8 Å². The highest BCUT2D eigenvalue weighted by Crippen LogP contribution is 2.22. The Hall–Kier alpha value is -1.08. The minimum atomic E-state index is -1.23. The van der Waals surface area contributed by atoms with Gasteiger partial charge in [-0.3, -0.25) is 0 Å². The molecule has 2 N–H and O–H groups in total. The molecular weight excluding hydrogens is 332 g/mol. The number of urea groups is 1. The van der Waals surface area contributed by atoms with Crippen molar-refractivity contribution < 1.29 is 14.7 Å². The van der Waals surface area contributed by atoms with Crippen LogP contribution >= 0.6 is 27.3 Å². The first-order valence-corrected chi connectivity index (χ1v) is 7.43. The first-order valence-electron chi connectivity index (χ1n) is 5.82. The Morgan fingerprint density at radius 1 is 1.47 bits per heavy atom. The van der Waals surface area contributed by atoms with Crippen LogP contribution in [0.3, 0.4) is 0 Å². The average molecular weight is 349 g/mol. The van der Waals surface area contributed by atoms with E-state index in [1.165, 1.54) is 30.1 Å². The van der Waals surface area contributed by atoms with Gasteiger partial charge in [-0.2, -0.15) is 0 Å². The number of carboxylic acids is 1. The minimum absolute atomic E-state index is 0.333. The van der Waals surface area contributed by atoms with Crippen molar-refractivity contribution in [1.82, 2.24) is 10.2 Å². The Labute approximate surface area is 124 Å². The van der Waals surface area contributed by atoms with E-state index in [0.717, 1.165) is 8.66 Å². The van der Waals surface area contributed by atoms with E-state index in [2.05, 4.69) is 21.2 Å². The number of thiophene rings is 1. The molecule has 0 aliphatic rings. The van der Waals surface area contributed by atoms with Crippen molar-refractivity contribution in [3.8, 4) is 0 Å². The number of hydrogen-bond donors (Lipinski definition) is 2. The van der Waals surface area contributed by atoms with Gasteiger partial charge in [0.15, 0.2) is 0 Å². The number of aliphatic carboxylic acids is 1. The van der Waals surface area contributed by atoms with Gasteiger partial charge in [0.1, 0.15) is 5.54 Å². The van der Waals surface area contributed by atoms with E-state index in [0.29, 0.717) is 13.1 Å². The Morgan fingerprint density at radius 3 is 2.53 bits per heavy atom. The number of hydrogen-bond acceptors (Lipinski definition) is 3. The molecule has 0 radical (unpaired) electrons. The standard InChI is InChI=1S/C12H17BrN2O3S/c1-4-15(12(2,3)10(16)17)11(18)14-7-8-5-6-9(13)19-8/h5-6H,4,7H2,1-3H3,(H,14,18)(H,16,17). The molecule has 0 aliphatic carbocycles. The summed E-state index contributed by atoms with van der Waals surface area (Å²) in [6.45, 7) is 5.51. The third kappa shape index (κ3) is 3.94. The lowest BCUT2D eigenvalue weighted by Crippen LogP contribution is -2.55. The lowest BCUT2D eigenvalue weighted by atomic mass is 10.0. The molecule has 106 valence electrons. The second-order valence-corrected chi connectivity index (χ2v) is 7.02. The number of nitrogens with zero attached hydrogens (tertiary/aromatic N) is 1. The fourth-order valence-corrected chi connectivity index (χ4v) is 3.04. The summed E-state index contributed by atoms with van der Waals surface area (Å²) in [6.07, 6.45) is 0. The van der Waals surface area contributed by atoms with Crippen molar-refractivity contribution in [2.24, 2.45) is 0 Å². The zero-order valence-corrected chi connectivity index (χ0v) is 13.5. The fraction of sp³-hybridized carbons (Fsp3) is 0.500. The maximum absolute atomic E-state index is 12.0. The van der Waals surface area contributed by atoms with E-state index in [4.69, 9.17) is 5.11 Å². The van der Waals surface area contributed by atoms with Gasteiger partial charge in [0.05, 0.1) is 10.3 Å². The lowest BCUT2D eigenvalue weighted by molar-refractivity contribution is -0.147. The Kier molecular flexibility index (Phi) is 5.37. The number of carbonyl (C=O) groups is 2. The molecule has 7 heteroatoms. The molecule has 2 amide bonds. The Bertz CT molecular complexity index is 473. The van der Waals surface area contributed by atoms with Gasteiger partial charge >= 0.3 is 12.0 Å². The van der Waals surface area contributed by atoms with Crippen molar-refractivity contribution in [2.75, 3.05) is 6.54 Å². The van der Waals surface area contributed by atoms with Crippen LogP contribution in [0.15, 0.2) is 15.9 Å². The SMILES string of the molecule is CCN(C(=O)NCc1ccc(Br)s1)C(C)(C)C(=O)O. The summed E-state index contributed by atoms with van der Waals surface area (Å²) in [5.41, 5.74) is -1.23. The summed E-state index contributed by atoms with van der Waals surface area (Å²) < 4.78 is 0.995. The number of halogens is 1. The molecular formula is C12H17BrN2O3S. The predicted molar refractivity (Wildman–Crippen MR) is 78.3 cm³/mol. The van der Waals surface area contributed by atoms with E-state index in [1.54, 1.807) is 6.92 Å². The summed E-state index contributed by atoms with van der Waals surface area (Å²) in [7, 11) is 0. The summed E-state index contributed by atoms with van der Waals surface area (Å²) >= 11 is 4.88. The first-order chi connectivity index (χ1) is 8.78. The number of nitrogens with one attached hydrogen (secondary N) is 1.